The second kappa shape index (κ2) is 7.88. The van der Waals surface area contributed by atoms with Gasteiger partial charge in [-0.3, -0.25) is 9.80 Å². The first-order valence-electron chi connectivity index (χ1n) is 8.75. The summed E-state index contributed by atoms with van der Waals surface area (Å²) >= 11 is 8.14. The monoisotopic (exact) mass is 388 g/mol. The van der Waals surface area contributed by atoms with Crippen LogP contribution >= 0.6 is 22.9 Å². The molecule has 0 spiro atoms. The first-order chi connectivity index (χ1) is 12.7. The molecular weight excluding hydrogens is 368 g/mol. The Balaban J connectivity index is 1.31. The van der Waals surface area contributed by atoms with Crippen LogP contribution in [0.4, 0.5) is 0 Å². The number of piperazine rings is 1. The molecule has 4 rings (SSSR count). The molecule has 0 unspecified atom stereocenters. The number of halogens is 1. The van der Waals surface area contributed by atoms with Gasteiger partial charge in [0.05, 0.1) is 6.54 Å². The van der Waals surface area contributed by atoms with Crippen molar-refractivity contribution in [3.8, 4) is 10.4 Å². The van der Waals surface area contributed by atoms with Crippen molar-refractivity contribution in [1.29, 1.82) is 0 Å². The van der Waals surface area contributed by atoms with Crippen LogP contribution in [0.15, 0.2) is 40.9 Å². The Morgan fingerprint density at radius 3 is 2.46 bits per heavy atom. The SMILES string of the molecule is Cc1noc(CN2CCN(Cc3ccc(-c4ccccc4Cl)s3)CC2)n1. The average molecular weight is 389 g/mol. The molecule has 136 valence electrons. The molecule has 0 aliphatic carbocycles. The molecule has 2 aromatic heterocycles. The van der Waals surface area contributed by atoms with Gasteiger partial charge in [0.15, 0.2) is 5.82 Å². The van der Waals surface area contributed by atoms with Gasteiger partial charge in [0.1, 0.15) is 0 Å². The van der Waals surface area contributed by atoms with E-state index < -0.39 is 0 Å². The van der Waals surface area contributed by atoms with Crippen LogP contribution in [0.3, 0.4) is 0 Å². The second-order valence-corrected chi connectivity index (χ2v) is 8.11. The van der Waals surface area contributed by atoms with Gasteiger partial charge < -0.3 is 4.52 Å². The number of hydrogen-bond acceptors (Lipinski definition) is 6. The fraction of sp³-hybridized carbons (Fsp3) is 0.368. The molecular formula is C19H21ClN4OS. The number of benzene rings is 1. The van der Waals surface area contributed by atoms with Gasteiger partial charge in [-0.2, -0.15) is 4.98 Å². The van der Waals surface area contributed by atoms with E-state index >= 15 is 0 Å². The van der Waals surface area contributed by atoms with Crippen LogP contribution in [0.25, 0.3) is 10.4 Å². The maximum Gasteiger partial charge on any atom is 0.240 e. The number of aryl methyl sites for hydroxylation is 1. The van der Waals surface area contributed by atoms with Crippen molar-refractivity contribution in [3.63, 3.8) is 0 Å². The number of rotatable bonds is 5. The molecule has 0 atom stereocenters. The molecule has 5 nitrogen and oxygen atoms in total. The van der Waals surface area contributed by atoms with E-state index in [1.807, 2.05) is 36.5 Å². The van der Waals surface area contributed by atoms with Gasteiger partial charge in [-0.25, -0.2) is 0 Å². The van der Waals surface area contributed by atoms with E-state index in [0.29, 0.717) is 11.7 Å². The highest BCUT2D eigenvalue weighted by Gasteiger charge is 2.19. The number of nitrogens with zero attached hydrogens (tertiary/aromatic N) is 4. The third-order valence-electron chi connectivity index (χ3n) is 4.57. The highest BCUT2D eigenvalue weighted by atomic mass is 35.5. The Kier molecular flexibility index (Phi) is 5.36. The summed E-state index contributed by atoms with van der Waals surface area (Å²) in [6.45, 7) is 7.71. The summed E-state index contributed by atoms with van der Waals surface area (Å²) in [5, 5.41) is 4.67. The van der Waals surface area contributed by atoms with Crippen LogP contribution in [0.5, 0.6) is 0 Å². The lowest BCUT2D eigenvalue weighted by Gasteiger charge is -2.33. The lowest BCUT2D eigenvalue weighted by Crippen LogP contribution is -2.45. The van der Waals surface area contributed by atoms with E-state index in [4.69, 9.17) is 16.1 Å². The molecule has 0 saturated carbocycles. The van der Waals surface area contributed by atoms with Gasteiger partial charge in [-0.05, 0) is 25.1 Å². The summed E-state index contributed by atoms with van der Waals surface area (Å²) in [5.41, 5.74) is 1.12. The van der Waals surface area contributed by atoms with Gasteiger partial charge in [0.25, 0.3) is 0 Å². The van der Waals surface area contributed by atoms with Crippen molar-refractivity contribution < 1.29 is 4.52 Å². The molecule has 1 saturated heterocycles. The summed E-state index contributed by atoms with van der Waals surface area (Å²) in [7, 11) is 0. The molecule has 0 amide bonds. The van der Waals surface area contributed by atoms with Gasteiger partial charge in [-0.15, -0.1) is 11.3 Å². The largest absolute Gasteiger partial charge is 0.338 e. The molecule has 3 aromatic rings. The number of aromatic nitrogens is 2. The molecule has 1 fully saturated rings. The Bertz CT molecular complexity index is 870. The Morgan fingerprint density at radius 1 is 1.04 bits per heavy atom. The summed E-state index contributed by atoms with van der Waals surface area (Å²) in [4.78, 5) is 11.8. The maximum atomic E-state index is 6.32. The minimum atomic E-state index is 0.700. The van der Waals surface area contributed by atoms with Gasteiger partial charge in [-0.1, -0.05) is 35.0 Å². The van der Waals surface area contributed by atoms with Crippen LogP contribution < -0.4 is 0 Å². The molecule has 1 aromatic carbocycles. The quantitative estimate of drug-likeness (QED) is 0.659. The van der Waals surface area contributed by atoms with Crippen molar-refractivity contribution in [1.82, 2.24) is 19.9 Å². The van der Waals surface area contributed by atoms with Gasteiger partial charge in [0, 0.05) is 53.1 Å². The maximum absolute atomic E-state index is 6.32. The van der Waals surface area contributed by atoms with Crippen molar-refractivity contribution in [2.75, 3.05) is 26.2 Å². The number of thiophene rings is 1. The lowest BCUT2D eigenvalue weighted by atomic mass is 10.2. The van der Waals surface area contributed by atoms with Crippen LogP contribution in [0, 0.1) is 6.92 Å². The highest BCUT2D eigenvalue weighted by Crippen LogP contribution is 2.33. The molecule has 1 aliphatic rings. The highest BCUT2D eigenvalue weighted by molar-refractivity contribution is 7.15. The zero-order valence-corrected chi connectivity index (χ0v) is 16.3. The Morgan fingerprint density at radius 2 is 1.77 bits per heavy atom. The van der Waals surface area contributed by atoms with E-state index in [-0.39, 0.29) is 0 Å². The minimum Gasteiger partial charge on any atom is -0.338 e. The molecule has 1 aliphatic heterocycles. The number of hydrogen-bond donors (Lipinski definition) is 0. The molecule has 7 heteroatoms. The summed E-state index contributed by atoms with van der Waals surface area (Å²) < 4.78 is 5.22. The Labute approximate surface area is 162 Å². The first-order valence-corrected chi connectivity index (χ1v) is 9.94. The second-order valence-electron chi connectivity index (χ2n) is 6.53. The molecule has 0 radical (unpaired) electrons. The van der Waals surface area contributed by atoms with E-state index in [2.05, 4.69) is 38.1 Å². The third kappa shape index (κ3) is 4.15. The predicted molar refractivity (Wildman–Crippen MR) is 104 cm³/mol. The smallest absolute Gasteiger partial charge is 0.240 e. The zero-order valence-electron chi connectivity index (χ0n) is 14.7. The fourth-order valence-electron chi connectivity index (χ4n) is 3.19. The van der Waals surface area contributed by atoms with Crippen molar-refractivity contribution in [2.45, 2.75) is 20.0 Å². The van der Waals surface area contributed by atoms with Crippen LogP contribution in [-0.2, 0) is 13.1 Å². The van der Waals surface area contributed by atoms with Gasteiger partial charge >= 0.3 is 0 Å². The molecule has 3 heterocycles. The summed E-state index contributed by atoms with van der Waals surface area (Å²) in [6, 6.07) is 12.4. The van der Waals surface area contributed by atoms with Crippen molar-refractivity contribution >= 4 is 22.9 Å². The van der Waals surface area contributed by atoms with E-state index in [0.717, 1.165) is 49.9 Å². The summed E-state index contributed by atoms with van der Waals surface area (Å²) in [5.74, 6) is 1.41. The normalized spacial score (nSPS) is 16.2. The van der Waals surface area contributed by atoms with Crippen LogP contribution in [0.1, 0.15) is 16.6 Å². The van der Waals surface area contributed by atoms with E-state index in [9.17, 15) is 0 Å². The Hall–Kier alpha value is -1.73. The van der Waals surface area contributed by atoms with Gasteiger partial charge in [0.2, 0.25) is 5.89 Å². The van der Waals surface area contributed by atoms with Crippen molar-refractivity contribution in [3.05, 3.63) is 58.0 Å². The standard InChI is InChI=1S/C19H21ClN4OS/c1-14-21-19(25-22-14)13-24-10-8-23(9-11-24)12-15-6-7-18(26-15)16-4-2-3-5-17(16)20/h2-7H,8-13H2,1H3. The summed E-state index contributed by atoms with van der Waals surface area (Å²) in [6.07, 6.45) is 0. The minimum absolute atomic E-state index is 0.700. The van der Waals surface area contributed by atoms with Crippen LogP contribution in [0.2, 0.25) is 5.02 Å². The topological polar surface area (TPSA) is 45.4 Å². The molecule has 26 heavy (non-hydrogen) atoms. The van der Waals surface area contributed by atoms with Crippen LogP contribution in [-0.4, -0.2) is 46.1 Å². The van der Waals surface area contributed by atoms with Crippen molar-refractivity contribution in [2.24, 2.45) is 0 Å². The first kappa shape index (κ1) is 17.7. The third-order valence-corrected chi connectivity index (χ3v) is 6.01. The molecule has 0 N–H and O–H groups in total. The fourth-order valence-corrected chi connectivity index (χ4v) is 4.57. The van der Waals surface area contributed by atoms with E-state index in [1.165, 1.54) is 9.75 Å². The average Bonchev–Trinajstić information content (AvgIpc) is 3.26. The lowest BCUT2D eigenvalue weighted by molar-refractivity contribution is 0.113. The zero-order chi connectivity index (χ0) is 17.9. The van der Waals surface area contributed by atoms with E-state index in [1.54, 1.807) is 0 Å². The predicted octanol–water partition coefficient (Wildman–Crippen LogP) is 4.08. The molecule has 0 bridgehead atoms.